The summed E-state index contributed by atoms with van der Waals surface area (Å²) in [5.74, 6) is 0.787. The molecule has 2 N–H and O–H groups in total. The van der Waals surface area contributed by atoms with Crippen molar-refractivity contribution < 1.29 is 14.9 Å². The van der Waals surface area contributed by atoms with Crippen LogP contribution in [0.15, 0.2) is 0 Å². The van der Waals surface area contributed by atoms with Crippen LogP contribution < -0.4 is 0 Å². The summed E-state index contributed by atoms with van der Waals surface area (Å²) in [6.07, 6.45) is 4.61. The van der Waals surface area contributed by atoms with Crippen molar-refractivity contribution in [1.82, 2.24) is 4.90 Å². The van der Waals surface area contributed by atoms with E-state index >= 15 is 0 Å². The van der Waals surface area contributed by atoms with Gasteiger partial charge < -0.3 is 14.9 Å². The smallest absolute Gasteiger partial charge is 0.0589 e. The molecule has 4 heteroatoms. The van der Waals surface area contributed by atoms with Gasteiger partial charge in [-0.05, 0) is 18.8 Å². The Kier molecular flexibility index (Phi) is 7.15. The molecule has 0 aromatic carbocycles. The van der Waals surface area contributed by atoms with Crippen molar-refractivity contribution in [3.8, 4) is 0 Å². The van der Waals surface area contributed by atoms with Crippen LogP contribution in [-0.2, 0) is 4.74 Å². The van der Waals surface area contributed by atoms with Crippen LogP contribution >= 0.6 is 0 Å². The number of hydrogen-bond donors (Lipinski definition) is 2. The van der Waals surface area contributed by atoms with Crippen LogP contribution in [0.1, 0.15) is 32.6 Å². The van der Waals surface area contributed by atoms with Gasteiger partial charge in [0.1, 0.15) is 0 Å². The molecule has 4 nitrogen and oxygen atoms in total. The minimum absolute atomic E-state index is 0.0371. The zero-order valence-corrected chi connectivity index (χ0v) is 11.9. The van der Waals surface area contributed by atoms with Crippen LogP contribution in [-0.4, -0.2) is 61.7 Å². The summed E-state index contributed by atoms with van der Waals surface area (Å²) in [4.78, 5) is 2.22. The van der Waals surface area contributed by atoms with Crippen molar-refractivity contribution in [3.63, 3.8) is 0 Å². The van der Waals surface area contributed by atoms with Crippen molar-refractivity contribution in [2.75, 3.05) is 46.6 Å². The van der Waals surface area contributed by atoms with E-state index in [1.54, 1.807) is 7.11 Å². The fourth-order valence-corrected chi connectivity index (χ4v) is 2.85. The van der Waals surface area contributed by atoms with Gasteiger partial charge in [0.25, 0.3) is 0 Å². The van der Waals surface area contributed by atoms with Gasteiger partial charge in [-0.2, -0.15) is 0 Å². The molecule has 0 aromatic heterocycles. The summed E-state index contributed by atoms with van der Waals surface area (Å²) in [7, 11) is 1.70. The third-order valence-electron chi connectivity index (χ3n) is 4.26. The van der Waals surface area contributed by atoms with Gasteiger partial charge in [-0.25, -0.2) is 0 Å². The first kappa shape index (κ1) is 15.9. The molecule has 0 aromatic rings. The van der Waals surface area contributed by atoms with E-state index in [-0.39, 0.29) is 18.6 Å². The molecule has 0 unspecified atom stereocenters. The molecular weight excluding hydrogens is 230 g/mol. The van der Waals surface area contributed by atoms with Gasteiger partial charge in [-0.15, -0.1) is 0 Å². The molecule has 0 radical (unpaired) electrons. The highest BCUT2D eigenvalue weighted by Gasteiger charge is 2.35. The molecule has 1 rings (SSSR count). The number of rotatable bonds is 8. The second-order valence-corrected chi connectivity index (χ2v) is 5.83. The Balaban J connectivity index is 2.52. The number of methoxy groups -OCH3 is 1. The van der Waals surface area contributed by atoms with Crippen molar-refractivity contribution in [2.24, 2.45) is 11.3 Å². The highest BCUT2D eigenvalue weighted by atomic mass is 16.5. The highest BCUT2D eigenvalue weighted by Crippen LogP contribution is 2.39. The molecule has 0 bridgehead atoms. The lowest BCUT2D eigenvalue weighted by molar-refractivity contribution is 0.0170. The SMILES string of the molecule is COCCN(CCO)CC1(CO)CCC(C)CC1. The van der Waals surface area contributed by atoms with Crippen molar-refractivity contribution in [3.05, 3.63) is 0 Å². The first-order valence-electron chi connectivity index (χ1n) is 7.09. The fraction of sp³-hybridized carbons (Fsp3) is 1.00. The molecule has 0 saturated heterocycles. The van der Waals surface area contributed by atoms with Gasteiger partial charge in [0, 0.05) is 38.8 Å². The molecule has 0 spiro atoms. The molecule has 1 aliphatic rings. The van der Waals surface area contributed by atoms with Gasteiger partial charge in [0.05, 0.1) is 13.2 Å². The van der Waals surface area contributed by atoms with Gasteiger partial charge in [-0.3, -0.25) is 4.90 Å². The molecule has 0 amide bonds. The van der Waals surface area contributed by atoms with Crippen LogP contribution in [0.5, 0.6) is 0 Å². The second kappa shape index (κ2) is 8.10. The average Bonchev–Trinajstić information content (AvgIpc) is 2.39. The lowest BCUT2D eigenvalue weighted by Gasteiger charge is -2.41. The number of aliphatic hydroxyl groups is 2. The summed E-state index contributed by atoms with van der Waals surface area (Å²) >= 11 is 0. The maximum atomic E-state index is 9.75. The topological polar surface area (TPSA) is 52.9 Å². The fourth-order valence-electron chi connectivity index (χ4n) is 2.85. The molecular formula is C14H29NO3. The van der Waals surface area contributed by atoms with Crippen molar-refractivity contribution in [2.45, 2.75) is 32.6 Å². The van der Waals surface area contributed by atoms with E-state index in [0.717, 1.165) is 31.8 Å². The Morgan fingerprint density at radius 3 is 2.39 bits per heavy atom. The number of nitrogens with zero attached hydrogens (tertiary/aromatic N) is 1. The molecule has 108 valence electrons. The molecule has 1 fully saturated rings. The summed E-state index contributed by atoms with van der Waals surface area (Å²) in [5.41, 5.74) is 0.0371. The van der Waals surface area contributed by atoms with Crippen LogP contribution in [0.2, 0.25) is 0 Å². The Bertz CT molecular complexity index is 215. The van der Waals surface area contributed by atoms with Crippen molar-refractivity contribution >= 4 is 0 Å². The molecule has 0 aliphatic heterocycles. The minimum Gasteiger partial charge on any atom is -0.396 e. The normalized spacial score (nSPS) is 28.8. The summed E-state index contributed by atoms with van der Waals surface area (Å²) in [6, 6.07) is 0. The third kappa shape index (κ3) is 4.84. The van der Waals surface area contributed by atoms with Crippen LogP contribution in [0.4, 0.5) is 0 Å². The highest BCUT2D eigenvalue weighted by molar-refractivity contribution is 4.87. The zero-order valence-electron chi connectivity index (χ0n) is 11.9. The first-order valence-corrected chi connectivity index (χ1v) is 7.09. The predicted octanol–water partition coefficient (Wildman–Crippen LogP) is 1.12. The maximum Gasteiger partial charge on any atom is 0.0589 e. The van der Waals surface area contributed by atoms with Crippen molar-refractivity contribution in [1.29, 1.82) is 0 Å². The van der Waals surface area contributed by atoms with E-state index in [1.807, 2.05) is 0 Å². The lowest BCUT2D eigenvalue weighted by Crippen LogP contribution is -2.44. The molecule has 0 atom stereocenters. The largest absolute Gasteiger partial charge is 0.396 e. The van der Waals surface area contributed by atoms with Gasteiger partial charge >= 0.3 is 0 Å². The minimum atomic E-state index is 0.0371. The molecule has 1 aliphatic carbocycles. The van der Waals surface area contributed by atoms with Gasteiger partial charge in [0.2, 0.25) is 0 Å². The second-order valence-electron chi connectivity index (χ2n) is 5.83. The molecule has 0 heterocycles. The molecule has 1 saturated carbocycles. The van der Waals surface area contributed by atoms with Crippen LogP contribution in [0.3, 0.4) is 0 Å². The lowest BCUT2D eigenvalue weighted by atomic mass is 9.71. The average molecular weight is 259 g/mol. The summed E-state index contributed by atoms with van der Waals surface area (Å²) in [5, 5.41) is 18.9. The number of aliphatic hydroxyl groups excluding tert-OH is 2. The van der Waals surface area contributed by atoms with E-state index in [9.17, 15) is 5.11 Å². The number of hydrogen-bond acceptors (Lipinski definition) is 4. The quantitative estimate of drug-likeness (QED) is 0.686. The van der Waals surface area contributed by atoms with E-state index in [0.29, 0.717) is 13.2 Å². The summed E-state index contributed by atoms with van der Waals surface area (Å²) in [6.45, 7) is 5.76. The maximum absolute atomic E-state index is 9.75. The van der Waals surface area contributed by atoms with E-state index in [4.69, 9.17) is 9.84 Å². The standard InChI is InChI=1S/C14H29NO3/c1-13-3-5-14(12-17,6-4-13)11-15(7-9-16)8-10-18-2/h13,16-17H,3-12H2,1-2H3. The predicted molar refractivity (Wildman–Crippen MR) is 72.6 cm³/mol. The van der Waals surface area contributed by atoms with Crippen LogP contribution in [0, 0.1) is 11.3 Å². The van der Waals surface area contributed by atoms with Gasteiger partial charge in [0.15, 0.2) is 0 Å². The Morgan fingerprint density at radius 2 is 1.89 bits per heavy atom. The van der Waals surface area contributed by atoms with Gasteiger partial charge in [-0.1, -0.05) is 19.8 Å². The van der Waals surface area contributed by atoms with Crippen LogP contribution in [0.25, 0.3) is 0 Å². The summed E-state index contributed by atoms with van der Waals surface area (Å²) < 4.78 is 5.11. The third-order valence-corrected chi connectivity index (χ3v) is 4.26. The molecule has 18 heavy (non-hydrogen) atoms. The zero-order chi connectivity index (χ0) is 13.4. The Hall–Kier alpha value is -0.160. The van der Waals surface area contributed by atoms with E-state index in [2.05, 4.69) is 11.8 Å². The Labute approximate surface area is 111 Å². The van der Waals surface area contributed by atoms with E-state index < -0.39 is 0 Å². The number of ether oxygens (including phenoxy) is 1. The first-order chi connectivity index (χ1) is 8.65. The van der Waals surface area contributed by atoms with E-state index in [1.165, 1.54) is 12.8 Å². The monoisotopic (exact) mass is 259 g/mol. The Morgan fingerprint density at radius 1 is 1.22 bits per heavy atom.